The van der Waals surface area contributed by atoms with Crippen LogP contribution in [-0.4, -0.2) is 11.5 Å². The second kappa shape index (κ2) is 3.81. The van der Waals surface area contributed by atoms with Gasteiger partial charge in [0.15, 0.2) is 0 Å². The maximum Gasteiger partial charge on any atom is 0.125 e. The molecule has 1 heterocycles. The highest BCUT2D eigenvalue weighted by atomic mass is 19.1. The third-order valence-corrected chi connectivity index (χ3v) is 2.45. The van der Waals surface area contributed by atoms with E-state index in [4.69, 9.17) is 5.73 Å². The average molecular weight is 205 g/mol. The van der Waals surface area contributed by atoms with Crippen molar-refractivity contribution in [3.8, 4) is 0 Å². The van der Waals surface area contributed by atoms with Crippen LogP contribution in [0.15, 0.2) is 34.5 Å². The molecule has 0 amide bonds. The SMILES string of the molecule is CC1CC(c2cccc(F)c2)=NN=C1N. The van der Waals surface area contributed by atoms with Gasteiger partial charge in [-0.1, -0.05) is 19.1 Å². The molecule has 78 valence electrons. The van der Waals surface area contributed by atoms with Crippen molar-refractivity contribution < 1.29 is 4.39 Å². The van der Waals surface area contributed by atoms with E-state index in [0.717, 1.165) is 11.3 Å². The van der Waals surface area contributed by atoms with Gasteiger partial charge in [0.05, 0.1) is 5.71 Å². The Labute approximate surface area is 87.5 Å². The van der Waals surface area contributed by atoms with E-state index in [2.05, 4.69) is 10.2 Å². The zero-order chi connectivity index (χ0) is 10.8. The van der Waals surface area contributed by atoms with Crippen LogP contribution in [0.4, 0.5) is 4.39 Å². The van der Waals surface area contributed by atoms with E-state index in [0.29, 0.717) is 12.3 Å². The molecule has 0 saturated heterocycles. The molecule has 1 aliphatic heterocycles. The number of halogens is 1. The first-order chi connectivity index (χ1) is 7.16. The predicted molar refractivity (Wildman–Crippen MR) is 58.3 cm³/mol. The lowest BCUT2D eigenvalue weighted by Gasteiger charge is -2.15. The number of nitrogens with two attached hydrogens (primary N) is 1. The molecule has 1 aromatic rings. The van der Waals surface area contributed by atoms with Gasteiger partial charge in [0.2, 0.25) is 0 Å². The largest absolute Gasteiger partial charge is 0.385 e. The zero-order valence-corrected chi connectivity index (χ0v) is 8.44. The maximum atomic E-state index is 13.0. The minimum Gasteiger partial charge on any atom is -0.385 e. The summed E-state index contributed by atoms with van der Waals surface area (Å²) in [6, 6.07) is 6.36. The maximum absolute atomic E-state index is 13.0. The Hall–Kier alpha value is -1.71. The molecule has 0 saturated carbocycles. The molecule has 0 spiro atoms. The topological polar surface area (TPSA) is 50.7 Å². The van der Waals surface area contributed by atoms with Crippen molar-refractivity contribution in [1.29, 1.82) is 0 Å². The fourth-order valence-electron chi connectivity index (χ4n) is 1.50. The van der Waals surface area contributed by atoms with Crippen LogP contribution in [0.25, 0.3) is 0 Å². The van der Waals surface area contributed by atoms with Gasteiger partial charge in [-0.15, -0.1) is 5.10 Å². The summed E-state index contributed by atoms with van der Waals surface area (Å²) in [6.07, 6.45) is 0.707. The van der Waals surface area contributed by atoms with Crippen molar-refractivity contribution >= 4 is 11.5 Å². The zero-order valence-electron chi connectivity index (χ0n) is 8.44. The van der Waals surface area contributed by atoms with Crippen LogP contribution in [0.2, 0.25) is 0 Å². The van der Waals surface area contributed by atoms with E-state index >= 15 is 0 Å². The second-order valence-electron chi connectivity index (χ2n) is 3.69. The van der Waals surface area contributed by atoms with Crippen LogP contribution in [0.1, 0.15) is 18.9 Å². The summed E-state index contributed by atoms with van der Waals surface area (Å²) in [5.74, 6) is 0.446. The Morgan fingerprint density at radius 1 is 1.40 bits per heavy atom. The van der Waals surface area contributed by atoms with E-state index < -0.39 is 0 Å². The molecule has 15 heavy (non-hydrogen) atoms. The van der Waals surface area contributed by atoms with Crippen LogP contribution in [0, 0.1) is 11.7 Å². The predicted octanol–water partition coefficient (Wildman–Crippen LogP) is 1.93. The number of hydrogen-bond acceptors (Lipinski definition) is 3. The van der Waals surface area contributed by atoms with Gasteiger partial charge in [-0.25, -0.2) is 4.39 Å². The molecular formula is C11H12FN3. The normalized spacial score (nSPS) is 20.8. The summed E-state index contributed by atoms with van der Waals surface area (Å²) in [6.45, 7) is 1.98. The fourth-order valence-corrected chi connectivity index (χ4v) is 1.50. The molecule has 0 radical (unpaired) electrons. The van der Waals surface area contributed by atoms with Gasteiger partial charge in [-0.2, -0.15) is 5.10 Å². The monoisotopic (exact) mass is 205 g/mol. The van der Waals surface area contributed by atoms with Crippen LogP contribution >= 0.6 is 0 Å². The molecular weight excluding hydrogens is 193 g/mol. The van der Waals surface area contributed by atoms with E-state index in [-0.39, 0.29) is 11.7 Å². The number of benzene rings is 1. The minimum atomic E-state index is -0.259. The van der Waals surface area contributed by atoms with E-state index in [9.17, 15) is 4.39 Å². The first-order valence-electron chi connectivity index (χ1n) is 4.82. The van der Waals surface area contributed by atoms with E-state index in [1.54, 1.807) is 6.07 Å². The molecule has 0 bridgehead atoms. The van der Waals surface area contributed by atoms with Crippen molar-refractivity contribution in [1.82, 2.24) is 0 Å². The molecule has 3 nitrogen and oxygen atoms in total. The quantitative estimate of drug-likeness (QED) is 0.748. The Morgan fingerprint density at radius 3 is 2.87 bits per heavy atom. The van der Waals surface area contributed by atoms with Crippen molar-refractivity contribution in [2.75, 3.05) is 0 Å². The Morgan fingerprint density at radius 2 is 2.20 bits per heavy atom. The van der Waals surface area contributed by atoms with Gasteiger partial charge in [0, 0.05) is 17.9 Å². The van der Waals surface area contributed by atoms with Crippen molar-refractivity contribution in [3.05, 3.63) is 35.6 Å². The molecule has 1 aromatic carbocycles. The van der Waals surface area contributed by atoms with Gasteiger partial charge in [0.25, 0.3) is 0 Å². The molecule has 1 unspecified atom stereocenters. The minimum absolute atomic E-state index is 0.167. The van der Waals surface area contributed by atoms with Crippen LogP contribution in [0.3, 0.4) is 0 Å². The van der Waals surface area contributed by atoms with Crippen molar-refractivity contribution in [2.24, 2.45) is 21.9 Å². The highest BCUT2D eigenvalue weighted by Crippen LogP contribution is 2.16. The fraction of sp³-hybridized carbons (Fsp3) is 0.273. The van der Waals surface area contributed by atoms with Gasteiger partial charge >= 0.3 is 0 Å². The first-order valence-corrected chi connectivity index (χ1v) is 4.82. The van der Waals surface area contributed by atoms with Crippen LogP contribution in [-0.2, 0) is 0 Å². The lowest BCUT2D eigenvalue weighted by atomic mass is 9.97. The summed E-state index contributed by atoms with van der Waals surface area (Å²) in [5, 5.41) is 7.84. The molecule has 0 aromatic heterocycles. The van der Waals surface area contributed by atoms with Gasteiger partial charge < -0.3 is 5.73 Å². The summed E-state index contributed by atoms with van der Waals surface area (Å²) < 4.78 is 13.0. The van der Waals surface area contributed by atoms with Crippen molar-refractivity contribution in [3.63, 3.8) is 0 Å². The third kappa shape index (κ3) is 2.03. The number of rotatable bonds is 1. The van der Waals surface area contributed by atoms with Crippen molar-refractivity contribution in [2.45, 2.75) is 13.3 Å². The lowest BCUT2D eigenvalue weighted by molar-refractivity contribution is 0.627. The third-order valence-electron chi connectivity index (χ3n) is 2.45. The average Bonchev–Trinajstić information content (AvgIpc) is 2.22. The lowest BCUT2D eigenvalue weighted by Crippen LogP contribution is -2.26. The summed E-state index contributed by atoms with van der Waals surface area (Å²) in [7, 11) is 0. The standard InChI is InChI=1S/C11H12FN3/c1-7-5-10(14-15-11(7)13)8-3-2-4-9(12)6-8/h2-4,6-7H,5H2,1H3,(H2,13,15). The van der Waals surface area contributed by atoms with E-state index in [1.165, 1.54) is 12.1 Å². The smallest absolute Gasteiger partial charge is 0.125 e. The highest BCUT2D eigenvalue weighted by Gasteiger charge is 2.17. The number of hydrogen-bond donors (Lipinski definition) is 1. The van der Waals surface area contributed by atoms with Gasteiger partial charge in [0.1, 0.15) is 11.7 Å². The molecule has 0 fully saturated rings. The molecule has 1 aliphatic rings. The molecule has 1 atom stereocenters. The highest BCUT2D eigenvalue weighted by molar-refractivity contribution is 6.04. The van der Waals surface area contributed by atoms with Gasteiger partial charge in [-0.05, 0) is 12.1 Å². The summed E-state index contributed by atoms with van der Waals surface area (Å²) in [4.78, 5) is 0. The second-order valence-corrected chi connectivity index (χ2v) is 3.69. The number of nitrogens with zero attached hydrogens (tertiary/aromatic N) is 2. The Balaban J connectivity index is 2.33. The number of amidine groups is 1. The van der Waals surface area contributed by atoms with Gasteiger partial charge in [-0.3, -0.25) is 0 Å². The molecule has 2 N–H and O–H groups in total. The molecule has 4 heteroatoms. The first kappa shape index (κ1) is 9.83. The summed E-state index contributed by atoms with van der Waals surface area (Å²) in [5.41, 5.74) is 7.18. The van der Waals surface area contributed by atoms with E-state index in [1.807, 2.05) is 13.0 Å². The van der Waals surface area contributed by atoms with Crippen LogP contribution in [0.5, 0.6) is 0 Å². The van der Waals surface area contributed by atoms with Crippen LogP contribution < -0.4 is 5.73 Å². The molecule has 2 rings (SSSR count). The Bertz CT molecular complexity index is 437. The Kier molecular flexibility index (Phi) is 2.49. The molecule has 0 aliphatic carbocycles. The summed E-state index contributed by atoms with van der Waals surface area (Å²) >= 11 is 0.